The van der Waals surface area contributed by atoms with E-state index in [1.807, 2.05) is 54.1 Å². The summed E-state index contributed by atoms with van der Waals surface area (Å²) in [6.07, 6.45) is 2.07. The van der Waals surface area contributed by atoms with Gasteiger partial charge in [-0.15, -0.1) is 11.3 Å². The highest BCUT2D eigenvalue weighted by molar-refractivity contribution is 7.14. The summed E-state index contributed by atoms with van der Waals surface area (Å²) in [5, 5.41) is 12.2. The Morgan fingerprint density at radius 1 is 1.15 bits per heavy atom. The van der Waals surface area contributed by atoms with Crippen LogP contribution in [0.15, 0.2) is 74.4 Å². The Kier molecular flexibility index (Phi) is 5.89. The number of thiazole rings is 1. The molecule has 0 radical (unpaired) electrons. The van der Waals surface area contributed by atoms with Crippen LogP contribution >= 0.6 is 22.7 Å². The van der Waals surface area contributed by atoms with Crippen LogP contribution in [0.2, 0.25) is 0 Å². The summed E-state index contributed by atoms with van der Waals surface area (Å²) in [7, 11) is 0. The van der Waals surface area contributed by atoms with Gasteiger partial charge in [-0.3, -0.25) is 4.79 Å². The number of ether oxygens (including phenoxy) is 1. The maximum absolute atomic E-state index is 13.0. The largest absolute Gasteiger partial charge is 0.467 e. The molecule has 0 fully saturated rings. The molecule has 1 unspecified atom stereocenters. The zero-order valence-corrected chi connectivity index (χ0v) is 19.3. The fourth-order valence-electron chi connectivity index (χ4n) is 3.52. The number of nitrogens with zero attached hydrogens (tertiary/aromatic N) is 3. The molecule has 1 aliphatic rings. The number of thiophene rings is 1. The molecular weight excluding hydrogens is 458 g/mol. The zero-order valence-electron chi connectivity index (χ0n) is 17.6. The van der Waals surface area contributed by atoms with Crippen molar-refractivity contribution in [3.05, 3.63) is 87.4 Å². The first-order valence-electron chi connectivity index (χ1n) is 10.2. The van der Waals surface area contributed by atoms with Gasteiger partial charge in [-0.05, 0) is 36.1 Å². The number of hydrogen-bond donors (Lipinski definition) is 0. The molecule has 1 atom stereocenters. The Bertz CT molecular complexity index is 1290. The SMILES string of the molecule is Cc1ccc(C2=NN(C(=O)COC(=O)c3csc(-c4ccsc4)n3)C(c3ccco3)C2)cc1. The molecule has 0 bridgehead atoms. The molecule has 4 aromatic rings. The Hall–Kier alpha value is -3.56. The number of furan rings is 1. The molecule has 0 aliphatic carbocycles. The molecule has 5 rings (SSSR count). The number of esters is 1. The molecule has 0 saturated heterocycles. The summed E-state index contributed by atoms with van der Waals surface area (Å²) < 4.78 is 10.8. The highest BCUT2D eigenvalue weighted by Gasteiger charge is 2.35. The molecule has 1 aliphatic heterocycles. The first-order valence-corrected chi connectivity index (χ1v) is 12.1. The van der Waals surface area contributed by atoms with Crippen LogP contribution < -0.4 is 0 Å². The van der Waals surface area contributed by atoms with Gasteiger partial charge in [0.1, 0.15) is 16.8 Å². The van der Waals surface area contributed by atoms with E-state index in [1.54, 1.807) is 29.0 Å². The van der Waals surface area contributed by atoms with Gasteiger partial charge in [-0.2, -0.15) is 16.4 Å². The van der Waals surface area contributed by atoms with Crippen molar-refractivity contribution in [1.29, 1.82) is 0 Å². The third-order valence-electron chi connectivity index (χ3n) is 5.23. The molecule has 9 heteroatoms. The van der Waals surface area contributed by atoms with Crippen molar-refractivity contribution in [1.82, 2.24) is 9.99 Å². The molecule has 3 aromatic heterocycles. The van der Waals surface area contributed by atoms with Gasteiger partial charge in [0.25, 0.3) is 5.91 Å². The number of aryl methyl sites for hydroxylation is 1. The maximum Gasteiger partial charge on any atom is 0.358 e. The number of carbonyl (C=O) groups is 2. The summed E-state index contributed by atoms with van der Waals surface area (Å²) in [5.41, 5.74) is 3.99. The van der Waals surface area contributed by atoms with Gasteiger partial charge in [-0.25, -0.2) is 14.8 Å². The second-order valence-electron chi connectivity index (χ2n) is 7.51. The maximum atomic E-state index is 13.0. The monoisotopic (exact) mass is 477 g/mol. The third-order valence-corrected chi connectivity index (χ3v) is 6.81. The Morgan fingerprint density at radius 2 is 2.00 bits per heavy atom. The molecular formula is C24H19N3O4S2. The summed E-state index contributed by atoms with van der Waals surface area (Å²) >= 11 is 2.92. The number of amides is 1. The van der Waals surface area contributed by atoms with E-state index in [1.165, 1.54) is 16.3 Å². The minimum absolute atomic E-state index is 0.182. The summed E-state index contributed by atoms with van der Waals surface area (Å²) in [6.45, 7) is 1.58. The molecule has 1 aromatic carbocycles. The number of aromatic nitrogens is 1. The minimum atomic E-state index is -0.641. The first kappa shape index (κ1) is 21.3. The molecule has 1 amide bonds. The van der Waals surface area contributed by atoms with Crippen LogP contribution in [0.3, 0.4) is 0 Å². The molecule has 7 nitrogen and oxygen atoms in total. The fourth-order valence-corrected chi connectivity index (χ4v) is 5.02. The Labute approximate surface area is 198 Å². The van der Waals surface area contributed by atoms with Crippen LogP contribution in [0.5, 0.6) is 0 Å². The number of benzene rings is 1. The number of hydrazone groups is 1. The average Bonchev–Trinajstić information content (AvgIpc) is 3.63. The van der Waals surface area contributed by atoms with E-state index in [0.29, 0.717) is 12.2 Å². The smallest absolute Gasteiger partial charge is 0.358 e. The summed E-state index contributed by atoms with van der Waals surface area (Å²) in [6, 6.07) is 13.1. The van der Waals surface area contributed by atoms with Crippen LogP contribution in [0, 0.1) is 6.92 Å². The Balaban J connectivity index is 1.30. The van der Waals surface area contributed by atoms with Gasteiger partial charge in [-0.1, -0.05) is 29.8 Å². The van der Waals surface area contributed by atoms with E-state index in [-0.39, 0.29) is 5.69 Å². The van der Waals surface area contributed by atoms with Crippen LogP contribution in [0.4, 0.5) is 0 Å². The standard InChI is InChI=1S/C24H19N3O4S2/c1-15-4-6-16(7-5-15)18-11-20(21-3-2-9-30-21)27(26-18)22(28)12-31-24(29)19-14-33-23(25-19)17-8-10-32-13-17/h2-10,13-14,20H,11-12H2,1H3. The van der Waals surface area contributed by atoms with Gasteiger partial charge in [0.15, 0.2) is 12.3 Å². The molecule has 33 heavy (non-hydrogen) atoms. The van der Waals surface area contributed by atoms with Crippen molar-refractivity contribution in [2.45, 2.75) is 19.4 Å². The fraction of sp³-hybridized carbons (Fsp3) is 0.167. The van der Waals surface area contributed by atoms with E-state index < -0.39 is 24.5 Å². The van der Waals surface area contributed by atoms with Crippen molar-refractivity contribution in [3.8, 4) is 10.6 Å². The Morgan fingerprint density at radius 3 is 2.73 bits per heavy atom. The van der Waals surface area contributed by atoms with E-state index in [0.717, 1.165) is 27.4 Å². The van der Waals surface area contributed by atoms with Gasteiger partial charge < -0.3 is 9.15 Å². The van der Waals surface area contributed by atoms with Crippen LogP contribution in [0.1, 0.15) is 39.8 Å². The molecule has 4 heterocycles. The van der Waals surface area contributed by atoms with E-state index >= 15 is 0 Å². The minimum Gasteiger partial charge on any atom is -0.467 e. The van der Waals surface area contributed by atoms with Crippen molar-refractivity contribution in [2.75, 3.05) is 6.61 Å². The predicted molar refractivity (Wildman–Crippen MR) is 126 cm³/mol. The lowest BCUT2D eigenvalue weighted by atomic mass is 10.0. The van der Waals surface area contributed by atoms with Crippen LogP contribution in [-0.4, -0.2) is 34.2 Å². The van der Waals surface area contributed by atoms with Crippen molar-refractivity contribution < 1.29 is 18.7 Å². The lowest BCUT2D eigenvalue weighted by Gasteiger charge is -2.19. The molecule has 166 valence electrons. The number of rotatable bonds is 6. The van der Waals surface area contributed by atoms with Gasteiger partial charge >= 0.3 is 5.97 Å². The van der Waals surface area contributed by atoms with E-state index in [4.69, 9.17) is 9.15 Å². The normalized spacial score (nSPS) is 15.5. The lowest BCUT2D eigenvalue weighted by molar-refractivity contribution is -0.136. The lowest BCUT2D eigenvalue weighted by Crippen LogP contribution is -2.31. The second kappa shape index (κ2) is 9.13. The van der Waals surface area contributed by atoms with Gasteiger partial charge in [0.2, 0.25) is 0 Å². The second-order valence-corrected chi connectivity index (χ2v) is 9.15. The average molecular weight is 478 g/mol. The highest BCUT2D eigenvalue weighted by Crippen LogP contribution is 2.33. The number of hydrogen-bond acceptors (Lipinski definition) is 8. The highest BCUT2D eigenvalue weighted by atomic mass is 32.1. The van der Waals surface area contributed by atoms with Gasteiger partial charge in [0, 0.05) is 22.7 Å². The third kappa shape index (κ3) is 4.50. The van der Waals surface area contributed by atoms with Crippen LogP contribution in [-0.2, 0) is 9.53 Å². The predicted octanol–water partition coefficient (Wildman–Crippen LogP) is 5.31. The molecule has 0 saturated carbocycles. The first-order chi connectivity index (χ1) is 16.1. The zero-order chi connectivity index (χ0) is 22.8. The van der Waals surface area contributed by atoms with E-state index in [2.05, 4.69) is 10.1 Å². The summed E-state index contributed by atoms with van der Waals surface area (Å²) in [4.78, 5) is 29.8. The van der Waals surface area contributed by atoms with Crippen LogP contribution in [0.25, 0.3) is 10.6 Å². The topological polar surface area (TPSA) is 85.0 Å². The van der Waals surface area contributed by atoms with Gasteiger partial charge in [0.05, 0.1) is 12.0 Å². The van der Waals surface area contributed by atoms with Crippen molar-refractivity contribution in [3.63, 3.8) is 0 Å². The molecule has 0 spiro atoms. The number of carbonyl (C=O) groups excluding carboxylic acids is 2. The van der Waals surface area contributed by atoms with Crippen molar-refractivity contribution in [2.24, 2.45) is 5.10 Å². The summed E-state index contributed by atoms with van der Waals surface area (Å²) in [5.74, 6) is -0.446. The quantitative estimate of drug-likeness (QED) is 0.352. The van der Waals surface area contributed by atoms with E-state index in [9.17, 15) is 9.59 Å². The van der Waals surface area contributed by atoms with Crippen molar-refractivity contribution >= 4 is 40.3 Å². The molecule has 0 N–H and O–H groups in total.